The Labute approximate surface area is 85.0 Å². The molecule has 0 radical (unpaired) electrons. The maximum absolute atomic E-state index is 9.17. The number of likely N-dealkylation sites (N-methyl/N-ethyl adjacent to an activating group) is 1. The van der Waals surface area contributed by atoms with Crippen LogP contribution in [-0.2, 0) is 5.41 Å². The van der Waals surface area contributed by atoms with E-state index >= 15 is 0 Å². The van der Waals surface area contributed by atoms with Gasteiger partial charge in [0.25, 0.3) is 0 Å². The van der Waals surface area contributed by atoms with Crippen LogP contribution in [0.25, 0.3) is 0 Å². The van der Waals surface area contributed by atoms with Gasteiger partial charge < -0.3 is 4.90 Å². The molecule has 74 valence electrons. The Hall–Kier alpha value is -1.40. The molecule has 0 aliphatic heterocycles. The lowest BCUT2D eigenvalue weighted by molar-refractivity contribution is 0.339. The zero-order valence-corrected chi connectivity index (χ0v) is 8.86. The second kappa shape index (κ2) is 4.21. The van der Waals surface area contributed by atoms with E-state index < -0.39 is 5.41 Å². The Morgan fingerprint density at radius 3 is 2.64 bits per heavy atom. The lowest BCUT2D eigenvalue weighted by Gasteiger charge is -2.24. The number of hydrogen-bond donors (Lipinski definition) is 0. The summed E-state index contributed by atoms with van der Waals surface area (Å²) in [6.45, 7) is 2.59. The molecule has 3 nitrogen and oxygen atoms in total. The standard InChI is InChI=1S/C11H15N3/c1-11(8-12,9-14(2)3)10-6-4-5-7-13-10/h4-7H,9H2,1-3H3. The van der Waals surface area contributed by atoms with Gasteiger partial charge in [-0.1, -0.05) is 6.07 Å². The Kier molecular flexibility index (Phi) is 3.21. The van der Waals surface area contributed by atoms with Crippen LogP contribution in [0.15, 0.2) is 24.4 Å². The van der Waals surface area contributed by atoms with Gasteiger partial charge in [-0.25, -0.2) is 0 Å². The fourth-order valence-corrected chi connectivity index (χ4v) is 1.50. The lowest BCUT2D eigenvalue weighted by Crippen LogP contribution is -2.34. The molecule has 0 aliphatic carbocycles. The van der Waals surface area contributed by atoms with Crippen LogP contribution in [0.2, 0.25) is 0 Å². The van der Waals surface area contributed by atoms with Crippen molar-refractivity contribution in [1.82, 2.24) is 9.88 Å². The molecule has 0 N–H and O–H groups in total. The van der Waals surface area contributed by atoms with E-state index in [-0.39, 0.29) is 0 Å². The van der Waals surface area contributed by atoms with Gasteiger partial charge in [-0.2, -0.15) is 5.26 Å². The van der Waals surface area contributed by atoms with Crippen LogP contribution in [0, 0.1) is 11.3 Å². The predicted octanol–water partition coefficient (Wildman–Crippen LogP) is 1.42. The van der Waals surface area contributed by atoms with Crippen molar-refractivity contribution in [3.8, 4) is 6.07 Å². The van der Waals surface area contributed by atoms with Gasteiger partial charge in [-0.05, 0) is 33.2 Å². The van der Waals surface area contributed by atoms with E-state index in [0.717, 1.165) is 5.69 Å². The minimum atomic E-state index is -0.523. The van der Waals surface area contributed by atoms with Crippen molar-refractivity contribution >= 4 is 0 Å². The molecule has 14 heavy (non-hydrogen) atoms. The van der Waals surface area contributed by atoms with Gasteiger partial charge in [0.1, 0.15) is 5.41 Å². The summed E-state index contributed by atoms with van der Waals surface area (Å²) in [5, 5.41) is 9.17. The molecule has 0 amide bonds. The number of nitriles is 1. The Morgan fingerprint density at radius 2 is 2.21 bits per heavy atom. The fraction of sp³-hybridized carbons (Fsp3) is 0.455. The van der Waals surface area contributed by atoms with Crippen LogP contribution in [0.1, 0.15) is 12.6 Å². The van der Waals surface area contributed by atoms with Gasteiger partial charge in [0.2, 0.25) is 0 Å². The summed E-state index contributed by atoms with van der Waals surface area (Å²) in [4.78, 5) is 6.22. The average molecular weight is 189 g/mol. The summed E-state index contributed by atoms with van der Waals surface area (Å²) in [6.07, 6.45) is 1.72. The van der Waals surface area contributed by atoms with Gasteiger partial charge in [-0.3, -0.25) is 4.98 Å². The van der Waals surface area contributed by atoms with Gasteiger partial charge in [0, 0.05) is 12.7 Å². The summed E-state index contributed by atoms with van der Waals surface area (Å²) in [5.74, 6) is 0. The molecule has 1 rings (SSSR count). The summed E-state index contributed by atoms with van der Waals surface area (Å²) in [6, 6.07) is 7.99. The molecule has 0 saturated carbocycles. The third-order valence-corrected chi connectivity index (χ3v) is 2.11. The predicted molar refractivity (Wildman–Crippen MR) is 55.8 cm³/mol. The first-order chi connectivity index (χ1) is 6.58. The van der Waals surface area contributed by atoms with Crippen molar-refractivity contribution in [3.05, 3.63) is 30.1 Å². The van der Waals surface area contributed by atoms with E-state index in [1.807, 2.05) is 44.1 Å². The number of hydrogen-bond acceptors (Lipinski definition) is 3. The molecule has 0 fully saturated rings. The molecular formula is C11H15N3. The Balaban J connectivity index is 2.98. The lowest BCUT2D eigenvalue weighted by atomic mass is 9.87. The van der Waals surface area contributed by atoms with Crippen LogP contribution < -0.4 is 0 Å². The highest BCUT2D eigenvalue weighted by Gasteiger charge is 2.28. The minimum absolute atomic E-state index is 0.523. The SMILES string of the molecule is CN(C)CC(C)(C#N)c1ccccn1. The smallest absolute Gasteiger partial charge is 0.109 e. The normalized spacial score (nSPS) is 14.8. The minimum Gasteiger partial charge on any atom is -0.307 e. The zero-order valence-electron chi connectivity index (χ0n) is 8.86. The molecule has 1 aromatic rings. The van der Waals surface area contributed by atoms with E-state index in [2.05, 4.69) is 11.1 Å². The van der Waals surface area contributed by atoms with E-state index in [9.17, 15) is 5.26 Å². The molecule has 1 atom stereocenters. The summed E-state index contributed by atoms with van der Waals surface area (Å²) in [7, 11) is 3.91. The molecule has 0 aliphatic rings. The average Bonchev–Trinajstić information content (AvgIpc) is 2.18. The van der Waals surface area contributed by atoms with Crippen molar-refractivity contribution < 1.29 is 0 Å². The van der Waals surface area contributed by atoms with E-state index in [4.69, 9.17) is 0 Å². The maximum Gasteiger partial charge on any atom is 0.109 e. The first-order valence-electron chi connectivity index (χ1n) is 4.56. The monoisotopic (exact) mass is 189 g/mol. The highest BCUT2D eigenvalue weighted by atomic mass is 15.1. The zero-order chi connectivity index (χ0) is 10.6. The summed E-state index contributed by atoms with van der Waals surface area (Å²) < 4.78 is 0. The van der Waals surface area contributed by atoms with E-state index in [0.29, 0.717) is 6.54 Å². The molecule has 0 bridgehead atoms. The molecule has 3 heteroatoms. The van der Waals surface area contributed by atoms with Crippen molar-refractivity contribution in [3.63, 3.8) is 0 Å². The Bertz CT molecular complexity index is 326. The molecule has 0 saturated heterocycles. The topological polar surface area (TPSA) is 39.9 Å². The fourth-order valence-electron chi connectivity index (χ4n) is 1.50. The highest BCUT2D eigenvalue weighted by molar-refractivity contribution is 5.25. The van der Waals surface area contributed by atoms with E-state index in [1.54, 1.807) is 6.20 Å². The third kappa shape index (κ3) is 2.30. The second-order valence-corrected chi connectivity index (χ2v) is 3.90. The van der Waals surface area contributed by atoms with Gasteiger partial charge in [0.05, 0.1) is 11.8 Å². The maximum atomic E-state index is 9.17. The highest BCUT2D eigenvalue weighted by Crippen LogP contribution is 2.20. The number of rotatable bonds is 3. The van der Waals surface area contributed by atoms with Crippen LogP contribution in [-0.4, -0.2) is 30.5 Å². The van der Waals surface area contributed by atoms with Crippen LogP contribution >= 0.6 is 0 Å². The van der Waals surface area contributed by atoms with Crippen molar-refractivity contribution in [2.75, 3.05) is 20.6 Å². The van der Waals surface area contributed by atoms with Gasteiger partial charge in [0.15, 0.2) is 0 Å². The van der Waals surface area contributed by atoms with Gasteiger partial charge >= 0.3 is 0 Å². The quantitative estimate of drug-likeness (QED) is 0.722. The second-order valence-electron chi connectivity index (χ2n) is 3.90. The number of aromatic nitrogens is 1. The van der Waals surface area contributed by atoms with Crippen molar-refractivity contribution in [2.45, 2.75) is 12.3 Å². The third-order valence-electron chi connectivity index (χ3n) is 2.11. The molecule has 0 spiro atoms. The molecule has 1 heterocycles. The van der Waals surface area contributed by atoms with Crippen LogP contribution in [0.5, 0.6) is 0 Å². The Morgan fingerprint density at radius 1 is 1.50 bits per heavy atom. The summed E-state index contributed by atoms with van der Waals surface area (Å²) >= 11 is 0. The number of nitrogens with zero attached hydrogens (tertiary/aromatic N) is 3. The molecule has 1 unspecified atom stereocenters. The molecule has 1 aromatic heterocycles. The largest absolute Gasteiger partial charge is 0.307 e. The van der Waals surface area contributed by atoms with Crippen molar-refractivity contribution in [1.29, 1.82) is 5.26 Å². The van der Waals surface area contributed by atoms with Gasteiger partial charge in [-0.15, -0.1) is 0 Å². The van der Waals surface area contributed by atoms with Crippen molar-refractivity contribution in [2.24, 2.45) is 0 Å². The summed E-state index contributed by atoms with van der Waals surface area (Å²) in [5.41, 5.74) is 0.307. The van der Waals surface area contributed by atoms with Crippen LogP contribution in [0.4, 0.5) is 0 Å². The van der Waals surface area contributed by atoms with Crippen LogP contribution in [0.3, 0.4) is 0 Å². The first kappa shape index (κ1) is 10.7. The number of pyridine rings is 1. The molecular weight excluding hydrogens is 174 g/mol. The van der Waals surface area contributed by atoms with E-state index in [1.165, 1.54) is 0 Å². The first-order valence-corrected chi connectivity index (χ1v) is 4.56. The molecule has 0 aromatic carbocycles.